The van der Waals surface area contributed by atoms with E-state index in [1.807, 2.05) is 48.5 Å². The molecule has 0 bridgehead atoms. The topological polar surface area (TPSA) is 58.1 Å². The Hall–Kier alpha value is -2.66. The van der Waals surface area contributed by atoms with Gasteiger partial charge in [-0.3, -0.25) is 4.79 Å². The summed E-state index contributed by atoms with van der Waals surface area (Å²) in [5.74, 6) is 2.30. The van der Waals surface area contributed by atoms with Crippen molar-refractivity contribution in [2.24, 2.45) is 0 Å². The Kier molecular flexibility index (Phi) is 6.48. The minimum absolute atomic E-state index is 0.0452. The molecule has 1 aliphatic rings. The van der Waals surface area contributed by atoms with Crippen molar-refractivity contribution >= 4 is 34.2 Å². The quantitative estimate of drug-likeness (QED) is 0.522. The largest absolute Gasteiger partial charge is 0.355 e. The minimum atomic E-state index is 0.0452. The van der Waals surface area contributed by atoms with Crippen LogP contribution >= 0.6 is 11.6 Å². The number of fused-ring (bicyclic) bond motifs is 1. The van der Waals surface area contributed by atoms with Crippen LogP contribution < -0.4 is 10.2 Å². The zero-order chi connectivity index (χ0) is 20.9. The van der Waals surface area contributed by atoms with Crippen LogP contribution in [0.1, 0.15) is 49.9 Å². The predicted molar refractivity (Wildman–Crippen MR) is 122 cm³/mol. The third kappa shape index (κ3) is 5.08. The van der Waals surface area contributed by atoms with Gasteiger partial charge in [0.05, 0.1) is 5.52 Å². The number of benzene rings is 2. The smallest absolute Gasteiger partial charge is 0.222 e. The molecular weight excluding hydrogens is 396 g/mol. The summed E-state index contributed by atoms with van der Waals surface area (Å²) < 4.78 is 0. The van der Waals surface area contributed by atoms with Gasteiger partial charge in [-0.1, -0.05) is 48.9 Å². The number of carbonyl (C=O) groups excluding carboxylic acids is 1. The van der Waals surface area contributed by atoms with Gasteiger partial charge in [0.25, 0.3) is 0 Å². The van der Waals surface area contributed by atoms with Gasteiger partial charge in [-0.2, -0.15) is 0 Å². The Balaban J connectivity index is 1.50. The molecule has 0 unspecified atom stereocenters. The highest BCUT2D eigenvalue weighted by molar-refractivity contribution is 6.31. The zero-order valence-electron chi connectivity index (χ0n) is 17.3. The summed E-state index contributed by atoms with van der Waals surface area (Å²) in [6, 6.07) is 15.7. The molecule has 1 saturated carbocycles. The van der Waals surface area contributed by atoms with Crippen molar-refractivity contribution in [3.8, 4) is 0 Å². The Bertz CT molecular complexity index is 1020. The summed E-state index contributed by atoms with van der Waals surface area (Å²) in [6.45, 7) is 4.15. The van der Waals surface area contributed by atoms with E-state index in [-0.39, 0.29) is 5.91 Å². The van der Waals surface area contributed by atoms with Gasteiger partial charge < -0.3 is 10.2 Å². The van der Waals surface area contributed by atoms with Crippen molar-refractivity contribution in [2.45, 2.75) is 45.1 Å². The van der Waals surface area contributed by atoms with Crippen molar-refractivity contribution in [2.75, 3.05) is 18.0 Å². The van der Waals surface area contributed by atoms with Gasteiger partial charge >= 0.3 is 0 Å². The summed E-state index contributed by atoms with van der Waals surface area (Å²) in [6.07, 6.45) is 3.68. The average molecular weight is 423 g/mol. The number of nitrogens with one attached hydrogen (secondary N) is 1. The highest BCUT2D eigenvalue weighted by Gasteiger charge is 2.28. The first-order chi connectivity index (χ1) is 14.6. The molecule has 3 aromatic rings. The molecule has 1 heterocycles. The van der Waals surface area contributed by atoms with Crippen LogP contribution in [0.25, 0.3) is 10.9 Å². The molecule has 0 radical (unpaired) electrons. The molecule has 0 aliphatic heterocycles. The first kappa shape index (κ1) is 20.6. The van der Waals surface area contributed by atoms with E-state index in [2.05, 4.69) is 17.1 Å². The second-order valence-electron chi connectivity index (χ2n) is 7.84. The monoisotopic (exact) mass is 422 g/mol. The Morgan fingerprint density at radius 3 is 2.67 bits per heavy atom. The van der Waals surface area contributed by atoms with Crippen molar-refractivity contribution in [1.29, 1.82) is 0 Å². The SMILES string of the molecule is CCCN(CCC(=O)NCc1ccccc1)c1nc(C2CC2)nc2cc(Cl)ccc12. The lowest BCUT2D eigenvalue weighted by molar-refractivity contribution is -0.121. The van der Waals surface area contributed by atoms with Gasteiger partial charge in [-0.25, -0.2) is 9.97 Å². The van der Waals surface area contributed by atoms with Crippen molar-refractivity contribution in [3.63, 3.8) is 0 Å². The summed E-state index contributed by atoms with van der Waals surface area (Å²) in [5, 5.41) is 4.68. The van der Waals surface area contributed by atoms with Gasteiger partial charge in [0, 0.05) is 42.4 Å². The number of nitrogens with zero attached hydrogens (tertiary/aromatic N) is 3. The fourth-order valence-electron chi connectivity index (χ4n) is 3.58. The number of carbonyl (C=O) groups is 1. The summed E-state index contributed by atoms with van der Waals surface area (Å²) >= 11 is 6.22. The third-order valence-electron chi connectivity index (χ3n) is 5.33. The second kappa shape index (κ2) is 9.43. The van der Waals surface area contributed by atoms with Gasteiger partial charge in [0.1, 0.15) is 11.6 Å². The molecule has 1 aromatic heterocycles. The van der Waals surface area contributed by atoms with Gasteiger partial charge in [-0.05, 0) is 43.0 Å². The molecular formula is C24H27ClN4O. The molecule has 2 aromatic carbocycles. The highest BCUT2D eigenvalue weighted by Crippen LogP contribution is 2.40. The number of hydrogen-bond donors (Lipinski definition) is 1. The van der Waals surface area contributed by atoms with Crippen LogP contribution in [0.5, 0.6) is 0 Å². The van der Waals surface area contributed by atoms with Crippen molar-refractivity contribution in [3.05, 3.63) is 64.9 Å². The molecule has 1 amide bonds. The lowest BCUT2D eigenvalue weighted by Crippen LogP contribution is -2.32. The van der Waals surface area contributed by atoms with Gasteiger partial charge in [0.15, 0.2) is 0 Å². The van der Waals surface area contributed by atoms with E-state index in [0.717, 1.165) is 53.9 Å². The van der Waals surface area contributed by atoms with Crippen LogP contribution in [0.2, 0.25) is 5.02 Å². The third-order valence-corrected chi connectivity index (χ3v) is 5.57. The molecule has 6 heteroatoms. The maximum atomic E-state index is 12.5. The van der Waals surface area contributed by atoms with Crippen LogP contribution in [0, 0.1) is 0 Å². The molecule has 4 rings (SSSR count). The van der Waals surface area contributed by atoms with E-state index in [9.17, 15) is 4.79 Å². The number of anilines is 1. The maximum Gasteiger partial charge on any atom is 0.222 e. The van der Waals surface area contributed by atoms with E-state index < -0.39 is 0 Å². The minimum Gasteiger partial charge on any atom is -0.355 e. The normalized spacial score (nSPS) is 13.4. The van der Waals surface area contributed by atoms with Crippen LogP contribution in [-0.4, -0.2) is 29.0 Å². The summed E-state index contributed by atoms with van der Waals surface area (Å²) in [4.78, 5) is 24.4. The lowest BCUT2D eigenvalue weighted by atomic mass is 10.2. The average Bonchev–Trinajstić information content (AvgIpc) is 3.60. The molecule has 1 fully saturated rings. The van der Waals surface area contributed by atoms with E-state index in [1.165, 1.54) is 0 Å². The molecule has 0 saturated heterocycles. The van der Waals surface area contributed by atoms with Gasteiger partial charge in [0.2, 0.25) is 5.91 Å². The van der Waals surface area contributed by atoms with Crippen LogP contribution in [0.15, 0.2) is 48.5 Å². The molecule has 156 valence electrons. The molecule has 0 spiro atoms. The second-order valence-corrected chi connectivity index (χ2v) is 8.28. The van der Waals surface area contributed by atoms with Crippen LogP contribution in [0.3, 0.4) is 0 Å². The maximum absolute atomic E-state index is 12.5. The number of aromatic nitrogens is 2. The molecule has 30 heavy (non-hydrogen) atoms. The number of rotatable bonds is 9. The Morgan fingerprint density at radius 1 is 1.13 bits per heavy atom. The Labute approximate surface area is 182 Å². The molecule has 0 atom stereocenters. The standard InChI is InChI=1S/C24H27ClN4O/c1-2-13-29(14-12-22(30)26-16-17-6-4-3-5-7-17)24-20-11-10-19(25)15-21(20)27-23(28-24)18-8-9-18/h3-7,10-11,15,18H,2,8-9,12-14,16H2,1H3,(H,26,30). The molecule has 1 aliphatic carbocycles. The van der Waals surface area contributed by atoms with E-state index in [1.54, 1.807) is 0 Å². The zero-order valence-corrected chi connectivity index (χ0v) is 18.0. The summed E-state index contributed by atoms with van der Waals surface area (Å²) in [5.41, 5.74) is 1.98. The molecule has 5 nitrogen and oxygen atoms in total. The van der Waals surface area contributed by atoms with Crippen LogP contribution in [-0.2, 0) is 11.3 Å². The highest BCUT2D eigenvalue weighted by atomic mass is 35.5. The summed E-state index contributed by atoms with van der Waals surface area (Å²) in [7, 11) is 0. The van der Waals surface area contributed by atoms with Crippen LogP contribution in [0.4, 0.5) is 5.82 Å². The molecule has 1 N–H and O–H groups in total. The number of halogens is 1. The van der Waals surface area contributed by atoms with E-state index in [0.29, 0.717) is 30.5 Å². The number of amides is 1. The van der Waals surface area contributed by atoms with E-state index in [4.69, 9.17) is 21.6 Å². The van der Waals surface area contributed by atoms with Gasteiger partial charge in [-0.15, -0.1) is 0 Å². The van der Waals surface area contributed by atoms with Crippen molar-refractivity contribution in [1.82, 2.24) is 15.3 Å². The number of hydrogen-bond acceptors (Lipinski definition) is 4. The lowest BCUT2D eigenvalue weighted by Gasteiger charge is -2.25. The first-order valence-electron chi connectivity index (χ1n) is 10.7. The first-order valence-corrected chi connectivity index (χ1v) is 11.0. The predicted octanol–water partition coefficient (Wildman–Crippen LogP) is 5.08. The van der Waals surface area contributed by atoms with Crippen molar-refractivity contribution < 1.29 is 4.79 Å². The van der Waals surface area contributed by atoms with E-state index >= 15 is 0 Å². The fraction of sp³-hybridized carbons (Fsp3) is 0.375. The Morgan fingerprint density at radius 2 is 1.93 bits per heavy atom. The fourth-order valence-corrected chi connectivity index (χ4v) is 3.75.